The van der Waals surface area contributed by atoms with E-state index in [1.807, 2.05) is 32.0 Å². The topological polar surface area (TPSA) is 56.0 Å². The number of carbonyl (C=O) groups is 1. The summed E-state index contributed by atoms with van der Waals surface area (Å²) in [5.41, 5.74) is 3.46. The predicted octanol–water partition coefficient (Wildman–Crippen LogP) is 2.44. The number of amides is 1. The molecule has 1 aromatic carbocycles. The quantitative estimate of drug-likeness (QED) is 0.677. The summed E-state index contributed by atoms with van der Waals surface area (Å²) in [5.74, 6) is -0.204. The van der Waals surface area contributed by atoms with Gasteiger partial charge in [-0.2, -0.15) is 4.73 Å². The van der Waals surface area contributed by atoms with Gasteiger partial charge in [0.25, 0.3) is 5.91 Å². The van der Waals surface area contributed by atoms with Crippen molar-refractivity contribution in [3.8, 4) is 0 Å². The normalized spacial score (nSPS) is 10.2. The average molecular weight is 256 g/mol. The molecule has 1 amide bonds. The molecule has 2 rings (SSSR count). The van der Waals surface area contributed by atoms with Crippen LogP contribution in [0.4, 0.5) is 5.69 Å². The van der Waals surface area contributed by atoms with Crippen molar-refractivity contribution in [2.24, 2.45) is 0 Å². The van der Waals surface area contributed by atoms with E-state index in [0.29, 0.717) is 10.3 Å². The van der Waals surface area contributed by atoms with Crippen LogP contribution in [-0.4, -0.2) is 5.91 Å². The van der Waals surface area contributed by atoms with E-state index >= 15 is 0 Å². The summed E-state index contributed by atoms with van der Waals surface area (Å²) in [6.07, 6.45) is 3.48. The Labute approximate surface area is 112 Å². The highest BCUT2D eigenvalue weighted by atomic mass is 16.5. The summed E-state index contributed by atoms with van der Waals surface area (Å²) in [6.45, 7) is 4.01. The minimum Gasteiger partial charge on any atom is -0.619 e. The molecule has 0 aliphatic rings. The lowest BCUT2D eigenvalue weighted by Gasteiger charge is -2.12. The molecule has 1 N–H and O–H groups in total. The summed E-state index contributed by atoms with van der Waals surface area (Å²) in [6, 6.07) is 8.95. The Hall–Kier alpha value is -2.36. The number of rotatable bonds is 3. The molecule has 0 aliphatic heterocycles. The Morgan fingerprint density at radius 2 is 1.95 bits per heavy atom. The molecule has 2 aromatic rings. The largest absolute Gasteiger partial charge is 0.619 e. The van der Waals surface area contributed by atoms with Gasteiger partial charge in [-0.15, -0.1) is 0 Å². The van der Waals surface area contributed by atoms with Crippen molar-refractivity contribution in [3.05, 3.63) is 64.6 Å². The van der Waals surface area contributed by atoms with Crippen LogP contribution in [0, 0.1) is 12.1 Å². The second-order valence-electron chi connectivity index (χ2n) is 4.36. The standard InChI is InChI=1S/C15H16N2O2/c1-3-12-6-4-5-11(2)14(12)16-15(18)13-7-9-17(19)10-8-13/h4-10H,3H2,1-2H3,(H,16,18). The molecule has 0 atom stereocenters. The van der Waals surface area contributed by atoms with E-state index < -0.39 is 0 Å². The van der Waals surface area contributed by atoms with Crippen LogP contribution < -0.4 is 10.0 Å². The Morgan fingerprint density at radius 1 is 1.26 bits per heavy atom. The summed E-state index contributed by atoms with van der Waals surface area (Å²) >= 11 is 0. The fraction of sp³-hybridized carbons (Fsp3) is 0.200. The van der Waals surface area contributed by atoms with Crippen molar-refractivity contribution in [2.75, 3.05) is 5.32 Å². The molecule has 19 heavy (non-hydrogen) atoms. The molecule has 4 nitrogen and oxygen atoms in total. The Morgan fingerprint density at radius 3 is 2.58 bits per heavy atom. The molecule has 0 unspecified atom stereocenters. The first-order valence-electron chi connectivity index (χ1n) is 6.20. The molecule has 0 radical (unpaired) electrons. The fourth-order valence-corrected chi connectivity index (χ4v) is 1.95. The summed E-state index contributed by atoms with van der Waals surface area (Å²) < 4.78 is 0.655. The van der Waals surface area contributed by atoms with Gasteiger partial charge < -0.3 is 10.5 Å². The third kappa shape index (κ3) is 2.91. The van der Waals surface area contributed by atoms with Crippen LogP contribution in [0.1, 0.15) is 28.4 Å². The number of aryl methyl sites for hydroxylation is 2. The first-order valence-corrected chi connectivity index (χ1v) is 6.20. The number of pyridine rings is 1. The second-order valence-corrected chi connectivity index (χ2v) is 4.36. The van der Waals surface area contributed by atoms with Gasteiger partial charge in [-0.1, -0.05) is 25.1 Å². The summed E-state index contributed by atoms with van der Waals surface area (Å²) in [7, 11) is 0. The molecule has 98 valence electrons. The van der Waals surface area contributed by atoms with E-state index in [4.69, 9.17) is 0 Å². The third-order valence-corrected chi connectivity index (χ3v) is 3.04. The van der Waals surface area contributed by atoms with Crippen molar-refractivity contribution in [1.29, 1.82) is 0 Å². The number of hydrogen-bond donors (Lipinski definition) is 1. The number of para-hydroxylation sites is 1. The lowest BCUT2D eigenvalue weighted by molar-refractivity contribution is -0.605. The average Bonchev–Trinajstić information content (AvgIpc) is 2.41. The molecule has 4 heteroatoms. The SMILES string of the molecule is CCc1cccc(C)c1NC(=O)c1cc[n+]([O-])cc1. The van der Waals surface area contributed by atoms with E-state index in [-0.39, 0.29) is 5.91 Å². The van der Waals surface area contributed by atoms with Gasteiger partial charge in [0.2, 0.25) is 0 Å². The molecule has 0 bridgehead atoms. The van der Waals surface area contributed by atoms with E-state index in [1.165, 1.54) is 24.5 Å². The molecule has 1 heterocycles. The first-order chi connectivity index (χ1) is 9.11. The van der Waals surface area contributed by atoms with E-state index in [9.17, 15) is 10.0 Å². The number of anilines is 1. The zero-order chi connectivity index (χ0) is 13.8. The number of carbonyl (C=O) groups excluding carboxylic acids is 1. The van der Waals surface area contributed by atoms with Crippen molar-refractivity contribution < 1.29 is 9.52 Å². The predicted molar refractivity (Wildman–Crippen MR) is 73.9 cm³/mol. The van der Waals surface area contributed by atoms with Gasteiger partial charge in [0.15, 0.2) is 12.4 Å². The van der Waals surface area contributed by atoms with E-state index in [1.54, 1.807) is 0 Å². The van der Waals surface area contributed by atoms with Gasteiger partial charge in [-0.05, 0) is 24.5 Å². The molecular weight excluding hydrogens is 240 g/mol. The molecule has 0 fully saturated rings. The lowest BCUT2D eigenvalue weighted by atomic mass is 10.1. The van der Waals surface area contributed by atoms with Crippen molar-refractivity contribution >= 4 is 11.6 Å². The minimum atomic E-state index is -0.204. The second kappa shape index (κ2) is 5.52. The van der Waals surface area contributed by atoms with Crippen molar-refractivity contribution in [2.45, 2.75) is 20.3 Å². The van der Waals surface area contributed by atoms with Crippen LogP contribution >= 0.6 is 0 Å². The third-order valence-electron chi connectivity index (χ3n) is 3.04. The number of benzene rings is 1. The smallest absolute Gasteiger partial charge is 0.256 e. The highest BCUT2D eigenvalue weighted by Crippen LogP contribution is 2.21. The van der Waals surface area contributed by atoms with Crippen LogP contribution in [0.5, 0.6) is 0 Å². The summed E-state index contributed by atoms with van der Waals surface area (Å²) in [4.78, 5) is 12.1. The van der Waals surface area contributed by atoms with Gasteiger partial charge in [-0.25, -0.2) is 0 Å². The van der Waals surface area contributed by atoms with Crippen LogP contribution in [0.2, 0.25) is 0 Å². The van der Waals surface area contributed by atoms with Crippen LogP contribution in [0.15, 0.2) is 42.7 Å². The number of nitrogens with one attached hydrogen (secondary N) is 1. The van der Waals surface area contributed by atoms with Gasteiger partial charge in [0.1, 0.15) is 0 Å². The molecule has 0 spiro atoms. The Bertz CT molecular complexity index is 592. The van der Waals surface area contributed by atoms with Gasteiger partial charge in [0.05, 0.1) is 5.56 Å². The molecule has 1 aromatic heterocycles. The van der Waals surface area contributed by atoms with Gasteiger partial charge >= 0.3 is 0 Å². The fourth-order valence-electron chi connectivity index (χ4n) is 1.95. The Kier molecular flexibility index (Phi) is 3.80. The zero-order valence-corrected chi connectivity index (χ0v) is 11.0. The highest BCUT2D eigenvalue weighted by Gasteiger charge is 2.11. The molecular formula is C15H16N2O2. The highest BCUT2D eigenvalue weighted by molar-refractivity contribution is 6.04. The Balaban J connectivity index is 2.26. The summed E-state index contributed by atoms with van der Waals surface area (Å²) in [5, 5.41) is 13.9. The van der Waals surface area contributed by atoms with Crippen LogP contribution in [0.25, 0.3) is 0 Å². The van der Waals surface area contributed by atoms with Gasteiger partial charge in [0, 0.05) is 17.8 Å². The van der Waals surface area contributed by atoms with Crippen molar-refractivity contribution in [3.63, 3.8) is 0 Å². The van der Waals surface area contributed by atoms with Gasteiger partial charge in [-0.3, -0.25) is 4.79 Å². The maximum atomic E-state index is 12.1. The first kappa shape index (κ1) is 13.1. The van der Waals surface area contributed by atoms with E-state index in [2.05, 4.69) is 5.32 Å². The van der Waals surface area contributed by atoms with Crippen LogP contribution in [-0.2, 0) is 6.42 Å². The monoisotopic (exact) mass is 256 g/mol. The molecule has 0 saturated heterocycles. The number of aromatic nitrogens is 1. The minimum absolute atomic E-state index is 0.204. The number of nitrogens with zero attached hydrogens (tertiary/aromatic N) is 1. The lowest BCUT2D eigenvalue weighted by Crippen LogP contribution is -2.25. The van der Waals surface area contributed by atoms with Crippen LogP contribution in [0.3, 0.4) is 0 Å². The number of hydrogen-bond acceptors (Lipinski definition) is 2. The maximum Gasteiger partial charge on any atom is 0.256 e. The molecule has 0 saturated carbocycles. The van der Waals surface area contributed by atoms with E-state index in [0.717, 1.165) is 23.2 Å². The maximum absolute atomic E-state index is 12.1. The van der Waals surface area contributed by atoms with Crippen molar-refractivity contribution in [1.82, 2.24) is 0 Å². The molecule has 0 aliphatic carbocycles. The zero-order valence-electron chi connectivity index (χ0n) is 11.0.